The summed E-state index contributed by atoms with van der Waals surface area (Å²) in [6.45, 7) is 6.87. The lowest BCUT2D eigenvalue weighted by Crippen LogP contribution is -2.42. The normalized spacial score (nSPS) is 16.9. The number of likely N-dealkylation sites (tertiary alicyclic amines) is 1. The number of halogens is 1. The molecular weight excluding hydrogens is 433 g/mol. The molecule has 9 nitrogen and oxygen atoms in total. The summed E-state index contributed by atoms with van der Waals surface area (Å²) in [5, 5.41) is 14.2. The van der Waals surface area contributed by atoms with Crippen molar-refractivity contribution < 1.29 is 4.39 Å². The number of likely N-dealkylation sites (N-methyl/N-ethyl adjacent to an activating group) is 2. The molecule has 5 N–H and O–H groups in total. The van der Waals surface area contributed by atoms with Gasteiger partial charge in [-0.3, -0.25) is 0 Å². The molecule has 0 bridgehead atoms. The van der Waals surface area contributed by atoms with Crippen molar-refractivity contribution in [1.82, 2.24) is 20.1 Å². The van der Waals surface area contributed by atoms with Crippen molar-refractivity contribution in [3.8, 4) is 0 Å². The van der Waals surface area contributed by atoms with Crippen LogP contribution in [0.15, 0.2) is 46.6 Å². The van der Waals surface area contributed by atoms with E-state index in [1.165, 1.54) is 6.20 Å². The van der Waals surface area contributed by atoms with Crippen LogP contribution in [0.25, 0.3) is 0 Å². The van der Waals surface area contributed by atoms with Crippen LogP contribution in [0.3, 0.4) is 0 Å². The summed E-state index contributed by atoms with van der Waals surface area (Å²) in [5.74, 6) is 0.538. The van der Waals surface area contributed by atoms with E-state index in [2.05, 4.69) is 30.4 Å². The van der Waals surface area contributed by atoms with E-state index in [0.29, 0.717) is 36.7 Å². The van der Waals surface area contributed by atoms with Gasteiger partial charge >= 0.3 is 0 Å². The minimum Gasteiger partial charge on any atom is -0.401 e. The first-order valence-corrected chi connectivity index (χ1v) is 11.6. The number of rotatable bonds is 10. The van der Waals surface area contributed by atoms with Gasteiger partial charge in [0.25, 0.3) is 0 Å². The fraction of sp³-hybridized carbons (Fsp3) is 0.542. The summed E-state index contributed by atoms with van der Waals surface area (Å²) >= 11 is 0. The smallest absolute Gasteiger partial charge is 0.180 e. The summed E-state index contributed by atoms with van der Waals surface area (Å²) in [6, 6.07) is 3.89. The summed E-state index contributed by atoms with van der Waals surface area (Å²) in [4.78, 5) is 15.1. The monoisotopic (exact) mass is 473 g/mol. The molecule has 1 aliphatic rings. The first-order chi connectivity index (χ1) is 16.1. The zero-order chi connectivity index (χ0) is 25.3. The van der Waals surface area contributed by atoms with Gasteiger partial charge in [-0.15, -0.1) is 0 Å². The maximum atomic E-state index is 14.9. The molecule has 0 spiro atoms. The first-order valence-electron chi connectivity index (χ1n) is 11.6. The third-order valence-corrected chi connectivity index (χ3v) is 5.66. The number of nitrogens with one attached hydrogen (secondary N) is 3. The number of anilines is 2. The Morgan fingerprint density at radius 1 is 1.32 bits per heavy atom. The van der Waals surface area contributed by atoms with Crippen LogP contribution < -0.4 is 21.3 Å². The predicted molar refractivity (Wildman–Crippen MR) is 140 cm³/mol. The zero-order valence-corrected chi connectivity index (χ0v) is 21.3. The van der Waals surface area contributed by atoms with Crippen LogP contribution in [0.5, 0.6) is 0 Å². The molecule has 0 unspecified atom stereocenters. The van der Waals surface area contributed by atoms with E-state index < -0.39 is 5.83 Å². The molecule has 0 amide bonds. The molecule has 10 heteroatoms. The molecule has 2 rings (SSSR count). The lowest BCUT2D eigenvalue weighted by atomic mass is 9.95. The quantitative estimate of drug-likeness (QED) is 0.305. The molecule has 0 aliphatic carbocycles. The predicted octanol–water partition coefficient (Wildman–Crippen LogP) is 2.47. The lowest BCUT2D eigenvalue weighted by Gasteiger charge is -2.32. The number of allylic oxidation sites excluding steroid dienone is 1. The zero-order valence-electron chi connectivity index (χ0n) is 21.3. The minimum absolute atomic E-state index is 0.117. The average molecular weight is 474 g/mol. The van der Waals surface area contributed by atoms with Gasteiger partial charge < -0.3 is 36.5 Å². The highest BCUT2D eigenvalue weighted by atomic mass is 19.1. The summed E-state index contributed by atoms with van der Waals surface area (Å²) < 4.78 is 14.9. The number of amidine groups is 1. The maximum absolute atomic E-state index is 14.9. The van der Waals surface area contributed by atoms with Crippen LogP contribution in [0.2, 0.25) is 0 Å². The number of nitrogens with two attached hydrogens (primary N) is 1. The first kappa shape index (κ1) is 27.1. The highest BCUT2D eigenvalue weighted by molar-refractivity contribution is 6.03. The van der Waals surface area contributed by atoms with Crippen molar-refractivity contribution >= 4 is 23.1 Å². The molecule has 0 aromatic carbocycles. The fourth-order valence-electron chi connectivity index (χ4n) is 3.47. The Labute approximate surface area is 203 Å². The second kappa shape index (κ2) is 12.9. The Bertz CT molecular complexity index is 904. The molecule has 188 valence electrons. The van der Waals surface area contributed by atoms with Gasteiger partial charge in [0.2, 0.25) is 0 Å². The number of aromatic nitrogens is 1. The topological polar surface area (TPSA) is 109 Å². The molecule has 1 aliphatic heterocycles. The van der Waals surface area contributed by atoms with Gasteiger partial charge in [0.15, 0.2) is 11.7 Å². The molecule has 0 radical (unpaired) electrons. The third kappa shape index (κ3) is 7.72. The maximum Gasteiger partial charge on any atom is 0.180 e. The third-order valence-electron chi connectivity index (χ3n) is 5.66. The molecule has 0 saturated carbocycles. The molecule has 1 fully saturated rings. The van der Waals surface area contributed by atoms with E-state index in [1.807, 2.05) is 58.2 Å². The fourth-order valence-corrected chi connectivity index (χ4v) is 3.47. The highest BCUT2D eigenvalue weighted by Crippen LogP contribution is 2.21. The van der Waals surface area contributed by atoms with E-state index in [-0.39, 0.29) is 18.4 Å². The molecule has 0 atom stereocenters. The number of nitrogens with zero attached hydrogens (tertiary/aromatic N) is 5. The number of pyridine rings is 1. The van der Waals surface area contributed by atoms with Gasteiger partial charge in [-0.2, -0.15) is 0 Å². The second-order valence-corrected chi connectivity index (χ2v) is 8.96. The Balaban J connectivity index is 2.12. The van der Waals surface area contributed by atoms with Gasteiger partial charge in [-0.25, -0.2) is 14.4 Å². The van der Waals surface area contributed by atoms with E-state index in [0.717, 1.165) is 24.4 Å². The van der Waals surface area contributed by atoms with Crippen LogP contribution in [-0.4, -0.2) is 87.4 Å². The Morgan fingerprint density at radius 3 is 2.65 bits per heavy atom. The number of aliphatic imine (C=N–C) groups is 1. The Morgan fingerprint density at radius 2 is 2.06 bits per heavy atom. The average Bonchev–Trinajstić information content (AvgIpc) is 2.80. The van der Waals surface area contributed by atoms with E-state index in [1.54, 1.807) is 7.05 Å². The van der Waals surface area contributed by atoms with Crippen molar-refractivity contribution in [1.29, 1.82) is 5.41 Å². The number of hydrogen-bond acceptors (Lipinski definition) is 8. The standard InChI is InChI=1S/C24H40FN9/c1-17(2)23(27)19-15-34(10-9-21(19)26)24(20(25)14-28-3)31-16-30-22-8-7-18(13-29-22)33(6)12-11-32(4)5/h7-8,13-14,17,26,28H,9-12,15-16,27H2,1-6H3,(H,29,30)/b20-14+,23-19-,26-21?,31-24+. The van der Waals surface area contributed by atoms with Gasteiger partial charge in [-0.05, 0) is 32.1 Å². The van der Waals surface area contributed by atoms with Crippen molar-refractivity contribution in [2.45, 2.75) is 20.3 Å². The number of hydrogen-bond donors (Lipinski definition) is 4. The molecule has 34 heavy (non-hydrogen) atoms. The van der Waals surface area contributed by atoms with Crippen molar-refractivity contribution in [2.24, 2.45) is 16.6 Å². The molecular formula is C24H40FN9. The lowest BCUT2D eigenvalue weighted by molar-refractivity contribution is 0.416. The summed E-state index contributed by atoms with van der Waals surface area (Å²) in [7, 11) is 7.78. The SMILES string of the molecule is CN/C=C(F)\C(=N/CNc1ccc(N(C)CCN(C)C)cn1)N1CCC(=N)/C(=C(\N)C(C)C)C1. The van der Waals surface area contributed by atoms with Crippen molar-refractivity contribution in [3.63, 3.8) is 0 Å². The number of piperidine rings is 1. The van der Waals surface area contributed by atoms with Gasteiger partial charge in [0.05, 0.1) is 11.9 Å². The van der Waals surface area contributed by atoms with Crippen molar-refractivity contribution in [3.05, 3.63) is 41.6 Å². The van der Waals surface area contributed by atoms with E-state index >= 15 is 0 Å². The van der Waals surface area contributed by atoms with Crippen LogP contribution in [0.4, 0.5) is 15.9 Å². The van der Waals surface area contributed by atoms with E-state index in [4.69, 9.17) is 11.1 Å². The van der Waals surface area contributed by atoms with Gasteiger partial charge in [0, 0.05) is 69.9 Å². The summed E-state index contributed by atoms with van der Waals surface area (Å²) in [5.41, 5.74) is 9.21. The van der Waals surface area contributed by atoms with Crippen LogP contribution in [0, 0.1) is 11.3 Å². The molecule has 1 aromatic rings. The highest BCUT2D eigenvalue weighted by Gasteiger charge is 2.26. The molecule has 2 heterocycles. The Hall–Kier alpha value is -3.14. The Kier molecular flexibility index (Phi) is 10.3. The van der Waals surface area contributed by atoms with Crippen molar-refractivity contribution in [2.75, 3.05) is 71.3 Å². The minimum atomic E-state index is -0.467. The van der Waals surface area contributed by atoms with E-state index in [9.17, 15) is 4.39 Å². The second-order valence-electron chi connectivity index (χ2n) is 8.96. The van der Waals surface area contributed by atoms with Gasteiger partial charge in [0.1, 0.15) is 12.5 Å². The molecule has 1 aromatic heterocycles. The summed E-state index contributed by atoms with van der Waals surface area (Å²) in [6.07, 6.45) is 3.59. The largest absolute Gasteiger partial charge is 0.401 e. The molecule has 1 saturated heterocycles. The van der Waals surface area contributed by atoms with Gasteiger partial charge in [-0.1, -0.05) is 13.8 Å². The van der Waals surface area contributed by atoms with Crippen LogP contribution in [0.1, 0.15) is 20.3 Å². The van der Waals surface area contributed by atoms with Crippen LogP contribution >= 0.6 is 0 Å². The van der Waals surface area contributed by atoms with Crippen LogP contribution in [-0.2, 0) is 0 Å².